The number of halogens is 3. The lowest BCUT2D eigenvalue weighted by atomic mass is 10.1. The Balaban J connectivity index is 0.00000320. The molecule has 0 aliphatic carbocycles. The van der Waals surface area contributed by atoms with Crippen LogP contribution in [0.15, 0.2) is 71.2 Å². The molecule has 0 aliphatic heterocycles. The standard InChI is InChI=1S/C24H25BrClNO2.ClH/c1-2-28-23-15-20(16-27-13-12-18-6-4-3-5-7-18)14-22(25)24(23)29-17-19-8-10-21(26)11-9-19;/h3-11,14-15,27H,2,12-13,16-17H2,1H3;1H. The summed E-state index contributed by atoms with van der Waals surface area (Å²) >= 11 is 9.60. The maximum Gasteiger partial charge on any atom is 0.175 e. The van der Waals surface area contributed by atoms with E-state index in [9.17, 15) is 0 Å². The van der Waals surface area contributed by atoms with Crippen LogP contribution in [-0.2, 0) is 19.6 Å². The van der Waals surface area contributed by atoms with E-state index in [0.29, 0.717) is 18.2 Å². The first-order valence-corrected chi connectivity index (χ1v) is 10.9. The fourth-order valence-electron chi connectivity index (χ4n) is 2.97. The number of nitrogens with one attached hydrogen (secondary N) is 1. The van der Waals surface area contributed by atoms with E-state index in [1.807, 2.05) is 43.3 Å². The molecule has 3 aromatic carbocycles. The molecule has 0 heterocycles. The summed E-state index contributed by atoms with van der Waals surface area (Å²) in [6, 6.07) is 22.3. The molecule has 0 saturated carbocycles. The normalized spacial score (nSPS) is 10.4. The largest absolute Gasteiger partial charge is 0.490 e. The molecule has 0 fully saturated rings. The highest BCUT2D eigenvalue weighted by atomic mass is 79.9. The fraction of sp³-hybridized carbons (Fsp3) is 0.250. The highest BCUT2D eigenvalue weighted by Gasteiger charge is 2.13. The van der Waals surface area contributed by atoms with Gasteiger partial charge in [0.25, 0.3) is 0 Å². The van der Waals surface area contributed by atoms with Crippen LogP contribution in [0.3, 0.4) is 0 Å². The van der Waals surface area contributed by atoms with Crippen molar-refractivity contribution in [2.45, 2.75) is 26.5 Å². The molecule has 30 heavy (non-hydrogen) atoms. The SMILES string of the molecule is CCOc1cc(CNCCc2ccccc2)cc(Br)c1OCc1ccc(Cl)cc1.Cl. The number of rotatable bonds is 10. The van der Waals surface area contributed by atoms with Crippen LogP contribution >= 0.6 is 39.9 Å². The van der Waals surface area contributed by atoms with Crippen molar-refractivity contribution in [1.29, 1.82) is 0 Å². The second-order valence-corrected chi connectivity index (χ2v) is 7.96. The van der Waals surface area contributed by atoms with E-state index in [1.54, 1.807) is 0 Å². The first kappa shape index (κ1) is 24.5. The van der Waals surface area contributed by atoms with Gasteiger partial charge in [0.1, 0.15) is 6.61 Å². The predicted octanol–water partition coefficient (Wildman–Crippen LogP) is 6.83. The van der Waals surface area contributed by atoms with Gasteiger partial charge >= 0.3 is 0 Å². The van der Waals surface area contributed by atoms with Crippen molar-refractivity contribution in [2.24, 2.45) is 0 Å². The fourth-order valence-corrected chi connectivity index (χ4v) is 3.70. The minimum atomic E-state index is 0. The average Bonchev–Trinajstić information content (AvgIpc) is 2.73. The summed E-state index contributed by atoms with van der Waals surface area (Å²) in [4.78, 5) is 0. The molecule has 0 bridgehead atoms. The van der Waals surface area contributed by atoms with E-state index in [0.717, 1.165) is 46.6 Å². The summed E-state index contributed by atoms with van der Waals surface area (Å²) in [6.07, 6.45) is 1.00. The van der Waals surface area contributed by atoms with E-state index in [4.69, 9.17) is 21.1 Å². The van der Waals surface area contributed by atoms with E-state index >= 15 is 0 Å². The molecule has 3 rings (SSSR count). The monoisotopic (exact) mass is 509 g/mol. The van der Waals surface area contributed by atoms with Crippen LogP contribution in [-0.4, -0.2) is 13.2 Å². The minimum Gasteiger partial charge on any atom is -0.490 e. The predicted molar refractivity (Wildman–Crippen MR) is 130 cm³/mol. The van der Waals surface area contributed by atoms with E-state index in [1.165, 1.54) is 5.56 Å². The zero-order chi connectivity index (χ0) is 20.5. The highest BCUT2D eigenvalue weighted by Crippen LogP contribution is 2.37. The van der Waals surface area contributed by atoms with E-state index in [2.05, 4.69) is 51.6 Å². The van der Waals surface area contributed by atoms with Gasteiger partial charge in [-0.1, -0.05) is 54.1 Å². The van der Waals surface area contributed by atoms with Gasteiger partial charge in [-0.05, 0) is 76.8 Å². The van der Waals surface area contributed by atoms with Crippen LogP contribution in [0.5, 0.6) is 11.5 Å². The van der Waals surface area contributed by atoms with Gasteiger partial charge < -0.3 is 14.8 Å². The number of hydrogen-bond acceptors (Lipinski definition) is 3. The average molecular weight is 511 g/mol. The molecule has 0 saturated heterocycles. The molecule has 3 aromatic rings. The molecular formula is C24H26BrCl2NO2. The smallest absolute Gasteiger partial charge is 0.175 e. The van der Waals surface area contributed by atoms with Gasteiger partial charge in [-0.25, -0.2) is 0 Å². The highest BCUT2D eigenvalue weighted by molar-refractivity contribution is 9.10. The Morgan fingerprint density at radius 3 is 2.33 bits per heavy atom. The van der Waals surface area contributed by atoms with Gasteiger partial charge in [-0.15, -0.1) is 12.4 Å². The van der Waals surface area contributed by atoms with Gasteiger partial charge in [0.05, 0.1) is 11.1 Å². The summed E-state index contributed by atoms with van der Waals surface area (Å²) in [5, 5.41) is 4.22. The van der Waals surface area contributed by atoms with Crippen LogP contribution in [0.2, 0.25) is 5.02 Å². The van der Waals surface area contributed by atoms with E-state index in [-0.39, 0.29) is 12.4 Å². The Hall–Kier alpha value is -1.72. The summed E-state index contributed by atoms with van der Waals surface area (Å²) in [6.45, 7) is 4.68. The second-order valence-electron chi connectivity index (χ2n) is 6.67. The van der Waals surface area contributed by atoms with Crippen molar-refractivity contribution in [3.8, 4) is 11.5 Å². The van der Waals surface area contributed by atoms with Crippen molar-refractivity contribution in [3.05, 3.63) is 92.9 Å². The Morgan fingerprint density at radius 2 is 1.63 bits per heavy atom. The van der Waals surface area contributed by atoms with Crippen molar-refractivity contribution in [1.82, 2.24) is 5.32 Å². The summed E-state index contributed by atoms with van der Waals surface area (Å²) < 4.78 is 12.8. The molecule has 0 amide bonds. The summed E-state index contributed by atoms with van der Waals surface area (Å²) in [5.41, 5.74) is 3.53. The Morgan fingerprint density at radius 1 is 0.900 bits per heavy atom. The van der Waals surface area contributed by atoms with Crippen LogP contribution < -0.4 is 14.8 Å². The third-order valence-electron chi connectivity index (χ3n) is 4.43. The number of ether oxygens (including phenoxy) is 2. The van der Waals surface area contributed by atoms with Crippen LogP contribution in [0.25, 0.3) is 0 Å². The summed E-state index contributed by atoms with van der Waals surface area (Å²) in [7, 11) is 0. The van der Waals surface area contributed by atoms with Crippen molar-refractivity contribution < 1.29 is 9.47 Å². The van der Waals surface area contributed by atoms with Gasteiger partial charge in [-0.3, -0.25) is 0 Å². The number of hydrogen-bond donors (Lipinski definition) is 1. The van der Waals surface area contributed by atoms with Crippen LogP contribution in [0.4, 0.5) is 0 Å². The minimum absolute atomic E-state index is 0. The van der Waals surface area contributed by atoms with Gasteiger partial charge in [0, 0.05) is 11.6 Å². The van der Waals surface area contributed by atoms with E-state index < -0.39 is 0 Å². The topological polar surface area (TPSA) is 30.5 Å². The Labute approximate surface area is 198 Å². The third-order valence-corrected chi connectivity index (χ3v) is 5.27. The van der Waals surface area contributed by atoms with Gasteiger partial charge in [0.15, 0.2) is 11.5 Å². The Kier molecular flexibility index (Phi) is 10.5. The Bertz CT molecular complexity index is 905. The molecular weight excluding hydrogens is 485 g/mol. The summed E-state index contributed by atoms with van der Waals surface area (Å²) in [5.74, 6) is 1.46. The van der Waals surface area contributed by atoms with Crippen LogP contribution in [0.1, 0.15) is 23.6 Å². The molecule has 0 unspecified atom stereocenters. The van der Waals surface area contributed by atoms with Crippen LogP contribution in [0, 0.1) is 0 Å². The zero-order valence-corrected chi connectivity index (χ0v) is 20.0. The van der Waals surface area contributed by atoms with Crippen molar-refractivity contribution in [3.63, 3.8) is 0 Å². The molecule has 3 nitrogen and oxygen atoms in total. The van der Waals surface area contributed by atoms with Crippen molar-refractivity contribution in [2.75, 3.05) is 13.2 Å². The first-order valence-electron chi connectivity index (χ1n) is 9.73. The molecule has 0 aliphatic rings. The molecule has 0 atom stereocenters. The lowest BCUT2D eigenvalue weighted by molar-refractivity contribution is 0.267. The lowest BCUT2D eigenvalue weighted by Crippen LogP contribution is -2.16. The zero-order valence-electron chi connectivity index (χ0n) is 16.9. The quantitative estimate of drug-likeness (QED) is 0.303. The molecule has 160 valence electrons. The van der Waals surface area contributed by atoms with Gasteiger partial charge in [0.2, 0.25) is 0 Å². The maximum absolute atomic E-state index is 6.05. The molecule has 6 heteroatoms. The lowest BCUT2D eigenvalue weighted by Gasteiger charge is -2.16. The third kappa shape index (κ3) is 7.51. The molecule has 0 aromatic heterocycles. The molecule has 1 N–H and O–H groups in total. The molecule has 0 radical (unpaired) electrons. The second kappa shape index (κ2) is 12.9. The van der Waals surface area contributed by atoms with Gasteiger partial charge in [-0.2, -0.15) is 0 Å². The maximum atomic E-state index is 6.05. The first-order chi connectivity index (χ1) is 14.2. The van der Waals surface area contributed by atoms with Crippen molar-refractivity contribution >= 4 is 39.9 Å². The molecule has 0 spiro atoms. The number of benzene rings is 3.